The highest BCUT2D eigenvalue weighted by atomic mass is 127. The molecule has 0 bridgehead atoms. The van der Waals surface area contributed by atoms with Crippen molar-refractivity contribution in [3.63, 3.8) is 0 Å². The summed E-state index contributed by atoms with van der Waals surface area (Å²) in [4.78, 5) is 13.8. The second kappa shape index (κ2) is 14.5. The highest BCUT2D eigenvalue weighted by Gasteiger charge is 2.35. The first kappa shape index (κ1) is 33.6. The second-order valence-electron chi connectivity index (χ2n) is 12.1. The lowest BCUT2D eigenvalue weighted by molar-refractivity contribution is -0.0746. The fourth-order valence-corrected chi connectivity index (χ4v) is 7.17. The highest BCUT2D eigenvalue weighted by molar-refractivity contribution is 14.1. The van der Waals surface area contributed by atoms with Crippen molar-refractivity contribution in [2.75, 3.05) is 21.3 Å². The number of aryl methyl sites for hydroxylation is 1. The molecule has 0 saturated carbocycles. The third-order valence-electron chi connectivity index (χ3n) is 9.00. The molecule has 6 aromatic rings. The number of para-hydroxylation sites is 1. The van der Waals surface area contributed by atoms with Crippen molar-refractivity contribution in [3.8, 4) is 34.3 Å². The van der Waals surface area contributed by atoms with E-state index in [-0.39, 0.29) is 36.0 Å². The lowest BCUT2D eigenvalue weighted by Crippen LogP contribution is -2.27. The Morgan fingerprint density at radius 2 is 1.48 bits per heavy atom. The highest BCUT2D eigenvalue weighted by Crippen LogP contribution is 2.47. The van der Waals surface area contributed by atoms with E-state index in [0.717, 1.165) is 26.0 Å². The molecule has 2 aromatic heterocycles. The van der Waals surface area contributed by atoms with E-state index < -0.39 is 0 Å². The molecule has 0 aliphatic carbocycles. The summed E-state index contributed by atoms with van der Waals surface area (Å²) in [5, 5.41) is 9.60. The molecule has 256 valence electrons. The molecule has 0 spiro atoms. The van der Waals surface area contributed by atoms with Crippen molar-refractivity contribution in [2.45, 2.75) is 44.6 Å². The van der Waals surface area contributed by atoms with Crippen LogP contribution in [0.5, 0.6) is 23.0 Å². The van der Waals surface area contributed by atoms with E-state index in [1.54, 1.807) is 33.5 Å². The second-order valence-corrected chi connectivity index (χ2v) is 13.1. The van der Waals surface area contributed by atoms with Gasteiger partial charge in [-0.15, -0.1) is 5.10 Å². The molecule has 1 fully saturated rings. The zero-order valence-electron chi connectivity index (χ0n) is 28.1. The lowest BCUT2D eigenvalue weighted by atomic mass is 9.91. The van der Waals surface area contributed by atoms with E-state index in [1.807, 2.05) is 78.3 Å². The number of benzene rings is 4. The van der Waals surface area contributed by atoms with E-state index in [4.69, 9.17) is 28.1 Å². The maximum absolute atomic E-state index is 13.8. The number of nitrogens with zero attached hydrogens (tertiary/aromatic N) is 3. The Hall–Kier alpha value is -4.88. The third-order valence-corrected chi connectivity index (χ3v) is 10.1. The first-order valence-electron chi connectivity index (χ1n) is 16.2. The van der Waals surface area contributed by atoms with Gasteiger partial charge in [0.15, 0.2) is 17.3 Å². The fraction of sp³-hybridized carbons (Fsp3) is 0.256. The monoisotopic (exact) mass is 785 g/mol. The molecule has 11 heteroatoms. The molecule has 3 atom stereocenters. The number of fused-ring (bicyclic) bond motifs is 1. The van der Waals surface area contributed by atoms with E-state index in [2.05, 4.69) is 45.0 Å². The van der Waals surface area contributed by atoms with Gasteiger partial charge in [-0.2, -0.15) is 0 Å². The zero-order valence-corrected chi connectivity index (χ0v) is 30.2. The molecular weight excluding hydrogens is 749 g/mol. The van der Waals surface area contributed by atoms with E-state index in [9.17, 15) is 4.79 Å². The Balaban J connectivity index is 1.21. The van der Waals surface area contributed by atoms with Gasteiger partial charge in [-0.1, -0.05) is 77.5 Å². The lowest BCUT2D eigenvalue weighted by Gasteiger charge is -2.36. The first-order chi connectivity index (χ1) is 24.4. The molecule has 50 heavy (non-hydrogen) atoms. The number of ether oxygens (including phenoxy) is 5. The molecule has 3 heterocycles. The van der Waals surface area contributed by atoms with Gasteiger partial charge in [0, 0.05) is 18.4 Å². The van der Waals surface area contributed by atoms with Gasteiger partial charge in [0.2, 0.25) is 16.9 Å². The standard InChI is InChI=1S/C39H36IN3O7/c1-23-14-16-25(17-15-23)36-38(35(44)28-12-8-9-13-30(28)50-36)48-22-29-39(40)43(42-41-29)27-20-31(24-10-6-5-7-11-24)49-32(21-27)26-18-33(45-2)37(47-4)34(19-26)46-3/h5-19,27,31-32H,20-22H2,1-4H3. The minimum Gasteiger partial charge on any atom is -0.493 e. The van der Waals surface area contributed by atoms with Crippen molar-refractivity contribution >= 4 is 33.6 Å². The molecule has 4 aromatic carbocycles. The number of methoxy groups -OCH3 is 3. The number of hydrogen-bond acceptors (Lipinski definition) is 9. The van der Waals surface area contributed by atoms with Crippen molar-refractivity contribution in [3.05, 3.63) is 127 Å². The first-order valence-corrected chi connectivity index (χ1v) is 17.3. The Kier molecular flexibility index (Phi) is 9.77. The smallest absolute Gasteiger partial charge is 0.235 e. The van der Waals surface area contributed by atoms with Gasteiger partial charge in [-0.3, -0.25) is 4.79 Å². The molecule has 1 saturated heterocycles. The summed E-state index contributed by atoms with van der Waals surface area (Å²) in [6.07, 6.45) is 0.772. The molecule has 0 amide bonds. The summed E-state index contributed by atoms with van der Waals surface area (Å²) >= 11 is 2.26. The third kappa shape index (κ3) is 6.54. The maximum atomic E-state index is 13.8. The zero-order chi connectivity index (χ0) is 34.8. The molecule has 3 unspecified atom stereocenters. The van der Waals surface area contributed by atoms with Crippen molar-refractivity contribution in [1.82, 2.24) is 15.0 Å². The van der Waals surface area contributed by atoms with Crippen LogP contribution in [0.15, 0.2) is 100 Å². The van der Waals surface area contributed by atoms with Crippen LogP contribution in [0.2, 0.25) is 0 Å². The predicted molar refractivity (Wildman–Crippen MR) is 197 cm³/mol. The van der Waals surface area contributed by atoms with Crippen molar-refractivity contribution in [2.24, 2.45) is 0 Å². The minimum absolute atomic E-state index is 0.0296. The number of rotatable bonds is 10. The van der Waals surface area contributed by atoms with Crippen LogP contribution in [0.3, 0.4) is 0 Å². The van der Waals surface area contributed by atoms with Gasteiger partial charge in [0.25, 0.3) is 0 Å². The molecule has 0 N–H and O–H groups in total. The van der Waals surface area contributed by atoms with Gasteiger partial charge in [-0.05, 0) is 64.9 Å². The number of hydrogen-bond donors (Lipinski definition) is 0. The van der Waals surface area contributed by atoms with E-state index >= 15 is 0 Å². The SMILES string of the molecule is COc1cc(C2CC(n3nnc(COc4c(-c5ccc(C)cc5)oc5ccccc5c4=O)c3I)CC(c3ccccc3)O2)cc(OC)c1OC. The van der Waals surface area contributed by atoms with Crippen LogP contribution >= 0.6 is 22.6 Å². The molecule has 1 aliphatic heterocycles. The summed E-state index contributed by atoms with van der Waals surface area (Å²) < 4.78 is 39.0. The molecular formula is C39H36IN3O7. The minimum atomic E-state index is -0.313. The van der Waals surface area contributed by atoms with Gasteiger partial charge in [0.1, 0.15) is 21.6 Å². The quantitative estimate of drug-likeness (QED) is 0.127. The van der Waals surface area contributed by atoms with Crippen LogP contribution in [-0.2, 0) is 11.3 Å². The number of halogens is 1. The van der Waals surface area contributed by atoms with Crippen LogP contribution < -0.4 is 24.4 Å². The summed E-state index contributed by atoms with van der Waals surface area (Å²) in [7, 11) is 4.79. The predicted octanol–water partition coefficient (Wildman–Crippen LogP) is 8.40. The maximum Gasteiger partial charge on any atom is 0.235 e. The van der Waals surface area contributed by atoms with Gasteiger partial charge in [0.05, 0.1) is 45.0 Å². The van der Waals surface area contributed by atoms with Gasteiger partial charge < -0.3 is 28.1 Å². The normalized spacial score (nSPS) is 17.4. The van der Waals surface area contributed by atoms with E-state index in [1.165, 1.54) is 0 Å². The summed E-state index contributed by atoms with van der Waals surface area (Å²) in [6, 6.07) is 29.0. The largest absolute Gasteiger partial charge is 0.493 e. The van der Waals surface area contributed by atoms with Crippen molar-refractivity contribution in [1.29, 1.82) is 0 Å². The molecule has 0 radical (unpaired) electrons. The Morgan fingerprint density at radius 1 is 0.820 bits per heavy atom. The average Bonchev–Trinajstić information content (AvgIpc) is 3.53. The van der Waals surface area contributed by atoms with Gasteiger partial charge in [-0.25, -0.2) is 4.68 Å². The van der Waals surface area contributed by atoms with Crippen LogP contribution in [0.1, 0.15) is 53.5 Å². The van der Waals surface area contributed by atoms with Crippen LogP contribution in [0.25, 0.3) is 22.3 Å². The molecule has 7 rings (SSSR count). The Labute approximate surface area is 303 Å². The molecule has 1 aliphatic rings. The summed E-state index contributed by atoms with van der Waals surface area (Å²) in [6.45, 7) is 2.04. The fourth-order valence-electron chi connectivity index (χ4n) is 6.41. The van der Waals surface area contributed by atoms with Crippen LogP contribution in [0, 0.1) is 10.6 Å². The Morgan fingerprint density at radius 3 is 2.16 bits per heavy atom. The molecule has 10 nitrogen and oxygen atoms in total. The summed E-state index contributed by atoms with van der Waals surface area (Å²) in [5.41, 5.74) is 4.68. The van der Waals surface area contributed by atoms with Crippen LogP contribution in [0.4, 0.5) is 0 Å². The summed E-state index contributed by atoms with van der Waals surface area (Å²) in [5.74, 6) is 2.14. The van der Waals surface area contributed by atoms with Gasteiger partial charge >= 0.3 is 0 Å². The number of aromatic nitrogens is 3. The van der Waals surface area contributed by atoms with E-state index in [0.29, 0.717) is 52.5 Å². The van der Waals surface area contributed by atoms with Crippen LogP contribution in [-0.4, -0.2) is 36.3 Å². The Bertz CT molecular complexity index is 2160. The average molecular weight is 786 g/mol. The topological polar surface area (TPSA) is 107 Å². The van der Waals surface area contributed by atoms with Crippen molar-refractivity contribution < 1.29 is 28.1 Å².